The van der Waals surface area contributed by atoms with E-state index in [4.69, 9.17) is 4.74 Å². The Morgan fingerprint density at radius 3 is 2.76 bits per heavy atom. The van der Waals surface area contributed by atoms with Gasteiger partial charge in [-0.3, -0.25) is 4.79 Å². The van der Waals surface area contributed by atoms with E-state index in [1.54, 1.807) is 6.07 Å². The van der Waals surface area contributed by atoms with Crippen molar-refractivity contribution in [3.63, 3.8) is 0 Å². The number of carbonyl (C=O) groups excluding carboxylic acids is 1. The molecule has 1 fully saturated rings. The molecule has 0 aromatic heterocycles. The standard InChI is InChI=1S/C13H16FNO2/c1-13(6-5-12(16)15-8-13)9-3-4-11(17-2)10(14)7-9/h3-4,7H,5-6,8H2,1-2H3,(H,15,16). The molecule has 0 spiro atoms. The molecule has 4 heteroatoms. The summed E-state index contributed by atoms with van der Waals surface area (Å²) in [5.74, 6) is -0.0446. The van der Waals surface area contributed by atoms with E-state index in [2.05, 4.69) is 5.32 Å². The minimum Gasteiger partial charge on any atom is -0.494 e. The largest absolute Gasteiger partial charge is 0.494 e. The molecule has 0 bridgehead atoms. The van der Waals surface area contributed by atoms with Gasteiger partial charge in [-0.25, -0.2) is 4.39 Å². The van der Waals surface area contributed by atoms with Crippen LogP contribution >= 0.6 is 0 Å². The van der Waals surface area contributed by atoms with Gasteiger partial charge in [-0.1, -0.05) is 13.0 Å². The number of ether oxygens (including phenoxy) is 1. The normalized spacial score (nSPS) is 24.3. The van der Waals surface area contributed by atoms with Gasteiger partial charge in [0.15, 0.2) is 11.6 Å². The van der Waals surface area contributed by atoms with Gasteiger partial charge < -0.3 is 10.1 Å². The van der Waals surface area contributed by atoms with Crippen molar-refractivity contribution in [1.82, 2.24) is 5.32 Å². The van der Waals surface area contributed by atoms with Crippen LogP contribution in [-0.2, 0) is 10.2 Å². The molecule has 1 aromatic carbocycles. The number of carbonyl (C=O) groups is 1. The van der Waals surface area contributed by atoms with Crippen molar-refractivity contribution in [2.24, 2.45) is 0 Å². The summed E-state index contributed by atoms with van der Waals surface area (Å²) in [4.78, 5) is 11.1. The first-order valence-electron chi connectivity index (χ1n) is 5.66. The first-order valence-corrected chi connectivity index (χ1v) is 5.66. The molecule has 17 heavy (non-hydrogen) atoms. The Hall–Kier alpha value is -1.58. The molecule has 92 valence electrons. The first-order chi connectivity index (χ1) is 8.05. The Labute approximate surface area is 100.0 Å². The smallest absolute Gasteiger partial charge is 0.220 e. The van der Waals surface area contributed by atoms with Crippen molar-refractivity contribution in [2.45, 2.75) is 25.2 Å². The number of methoxy groups -OCH3 is 1. The van der Waals surface area contributed by atoms with E-state index in [-0.39, 0.29) is 22.9 Å². The molecule has 0 radical (unpaired) electrons. The van der Waals surface area contributed by atoms with Crippen molar-refractivity contribution in [1.29, 1.82) is 0 Å². The lowest BCUT2D eigenvalue weighted by Crippen LogP contribution is -2.44. The predicted octanol–water partition coefficient (Wildman–Crippen LogP) is 2.00. The highest BCUT2D eigenvalue weighted by atomic mass is 19.1. The van der Waals surface area contributed by atoms with Gasteiger partial charge in [-0.15, -0.1) is 0 Å². The van der Waals surface area contributed by atoms with Crippen molar-refractivity contribution >= 4 is 5.91 Å². The third-order valence-corrected chi connectivity index (χ3v) is 3.43. The maximum Gasteiger partial charge on any atom is 0.220 e. The summed E-state index contributed by atoms with van der Waals surface area (Å²) in [6.07, 6.45) is 1.23. The molecule has 1 heterocycles. The fraction of sp³-hybridized carbons (Fsp3) is 0.462. The van der Waals surface area contributed by atoms with Gasteiger partial charge in [0, 0.05) is 18.4 Å². The molecule has 1 aliphatic heterocycles. The van der Waals surface area contributed by atoms with Crippen LogP contribution in [0.1, 0.15) is 25.3 Å². The molecule has 1 saturated heterocycles. The maximum absolute atomic E-state index is 13.6. The van der Waals surface area contributed by atoms with E-state index in [9.17, 15) is 9.18 Å². The van der Waals surface area contributed by atoms with Crippen LogP contribution in [0.4, 0.5) is 4.39 Å². The molecule has 1 aliphatic rings. The maximum atomic E-state index is 13.6. The lowest BCUT2D eigenvalue weighted by molar-refractivity contribution is -0.123. The van der Waals surface area contributed by atoms with Crippen LogP contribution in [0.25, 0.3) is 0 Å². The Balaban J connectivity index is 2.27. The zero-order valence-electron chi connectivity index (χ0n) is 10.0. The van der Waals surface area contributed by atoms with Crippen LogP contribution in [-0.4, -0.2) is 19.6 Å². The number of amides is 1. The predicted molar refractivity (Wildman–Crippen MR) is 62.5 cm³/mol. The van der Waals surface area contributed by atoms with Crippen LogP contribution in [0, 0.1) is 5.82 Å². The minimum atomic E-state index is -0.358. The summed E-state index contributed by atoms with van der Waals surface area (Å²) in [7, 11) is 1.45. The number of hydrogen-bond donors (Lipinski definition) is 1. The summed E-state index contributed by atoms with van der Waals surface area (Å²) < 4.78 is 18.5. The van der Waals surface area contributed by atoms with Crippen molar-refractivity contribution < 1.29 is 13.9 Å². The fourth-order valence-corrected chi connectivity index (χ4v) is 2.15. The second-order valence-electron chi connectivity index (χ2n) is 4.69. The number of nitrogens with one attached hydrogen (secondary N) is 1. The van der Waals surface area contributed by atoms with E-state index in [1.807, 2.05) is 13.0 Å². The van der Waals surface area contributed by atoms with Crippen LogP contribution in [0.15, 0.2) is 18.2 Å². The van der Waals surface area contributed by atoms with Gasteiger partial charge in [0.2, 0.25) is 5.91 Å². The zero-order chi connectivity index (χ0) is 12.5. The summed E-state index contributed by atoms with van der Waals surface area (Å²) in [5.41, 5.74) is 0.705. The number of rotatable bonds is 2. The van der Waals surface area contributed by atoms with Crippen molar-refractivity contribution in [3.05, 3.63) is 29.6 Å². The average Bonchev–Trinajstić information content (AvgIpc) is 2.33. The highest BCUT2D eigenvalue weighted by Gasteiger charge is 2.32. The Kier molecular flexibility index (Phi) is 3.05. The van der Waals surface area contributed by atoms with E-state index in [0.29, 0.717) is 13.0 Å². The molecule has 3 nitrogen and oxygen atoms in total. The van der Waals surface area contributed by atoms with E-state index in [1.165, 1.54) is 13.2 Å². The zero-order valence-corrected chi connectivity index (χ0v) is 10.0. The molecule has 1 N–H and O–H groups in total. The lowest BCUT2D eigenvalue weighted by Gasteiger charge is -2.34. The molecule has 0 saturated carbocycles. The SMILES string of the molecule is COc1ccc(C2(C)CCC(=O)NC2)cc1F. The van der Waals surface area contributed by atoms with E-state index in [0.717, 1.165) is 12.0 Å². The van der Waals surface area contributed by atoms with Crippen molar-refractivity contribution in [3.8, 4) is 5.75 Å². The van der Waals surface area contributed by atoms with Gasteiger partial charge in [0.1, 0.15) is 0 Å². The Morgan fingerprint density at radius 1 is 1.47 bits per heavy atom. The molecule has 1 atom stereocenters. The van der Waals surface area contributed by atoms with Gasteiger partial charge in [0.25, 0.3) is 0 Å². The highest BCUT2D eigenvalue weighted by molar-refractivity contribution is 5.77. The topological polar surface area (TPSA) is 38.3 Å². The number of piperidine rings is 1. The quantitative estimate of drug-likeness (QED) is 0.854. The van der Waals surface area contributed by atoms with Crippen LogP contribution < -0.4 is 10.1 Å². The second-order valence-corrected chi connectivity index (χ2v) is 4.69. The van der Waals surface area contributed by atoms with Crippen LogP contribution in [0.5, 0.6) is 5.75 Å². The monoisotopic (exact) mass is 237 g/mol. The van der Waals surface area contributed by atoms with Gasteiger partial charge in [-0.2, -0.15) is 0 Å². The molecule has 0 aliphatic carbocycles. The van der Waals surface area contributed by atoms with E-state index < -0.39 is 0 Å². The van der Waals surface area contributed by atoms with Gasteiger partial charge in [-0.05, 0) is 24.1 Å². The molecular weight excluding hydrogens is 221 g/mol. The second kappa shape index (κ2) is 4.35. The summed E-state index contributed by atoms with van der Waals surface area (Å²) in [5, 5.41) is 2.83. The average molecular weight is 237 g/mol. The van der Waals surface area contributed by atoms with Gasteiger partial charge in [0.05, 0.1) is 7.11 Å². The lowest BCUT2D eigenvalue weighted by atomic mass is 9.76. The molecule has 2 rings (SSSR count). The third-order valence-electron chi connectivity index (χ3n) is 3.43. The molecule has 1 unspecified atom stereocenters. The highest BCUT2D eigenvalue weighted by Crippen LogP contribution is 2.33. The Bertz CT molecular complexity index is 435. The first kappa shape index (κ1) is 11.9. The fourth-order valence-electron chi connectivity index (χ4n) is 2.15. The number of halogens is 1. The molecule has 1 aromatic rings. The number of benzene rings is 1. The van der Waals surface area contributed by atoms with Crippen LogP contribution in [0.2, 0.25) is 0 Å². The van der Waals surface area contributed by atoms with Crippen molar-refractivity contribution in [2.75, 3.05) is 13.7 Å². The third kappa shape index (κ3) is 2.25. The summed E-state index contributed by atoms with van der Waals surface area (Å²) in [6.45, 7) is 2.59. The summed E-state index contributed by atoms with van der Waals surface area (Å²) in [6, 6.07) is 4.99. The molecule has 1 amide bonds. The Morgan fingerprint density at radius 2 is 2.24 bits per heavy atom. The van der Waals surface area contributed by atoms with Crippen LogP contribution in [0.3, 0.4) is 0 Å². The molecular formula is C13H16FNO2. The van der Waals surface area contributed by atoms with Gasteiger partial charge >= 0.3 is 0 Å². The summed E-state index contributed by atoms with van der Waals surface area (Å²) >= 11 is 0. The number of hydrogen-bond acceptors (Lipinski definition) is 2. The minimum absolute atomic E-state index is 0.0662. The van der Waals surface area contributed by atoms with E-state index >= 15 is 0 Å².